The molecule has 1 unspecified atom stereocenters. The third kappa shape index (κ3) is 0.869. The molecule has 0 amide bonds. The molecule has 0 heterocycles. The number of Topliss-reactive ketones (excluding diaryl/α,β-unsaturated/α-hetero) is 1. The van der Waals surface area contributed by atoms with E-state index in [4.69, 9.17) is 0 Å². The van der Waals surface area contributed by atoms with Crippen LogP contribution < -0.4 is 0 Å². The van der Waals surface area contributed by atoms with E-state index in [-0.39, 0.29) is 5.78 Å². The van der Waals surface area contributed by atoms with E-state index in [1.54, 1.807) is 0 Å². The Hall–Kier alpha value is -1.63. The van der Waals surface area contributed by atoms with Crippen molar-refractivity contribution >= 4 is 5.78 Å². The van der Waals surface area contributed by atoms with Crippen LogP contribution in [0.25, 0.3) is 0 Å². The van der Waals surface area contributed by atoms with E-state index < -0.39 is 0 Å². The van der Waals surface area contributed by atoms with Crippen molar-refractivity contribution in [2.75, 3.05) is 0 Å². The van der Waals surface area contributed by atoms with Crippen LogP contribution in [0, 0.1) is 0 Å². The molecule has 3 rings (SSSR count). The number of hydrogen-bond acceptors (Lipinski definition) is 1. The maximum atomic E-state index is 11.9. The minimum atomic E-state index is 0.218. The highest BCUT2D eigenvalue weighted by Gasteiger charge is 2.33. The van der Waals surface area contributed by atoms with Gasteiger partial charge in [0, 0.05) is 17.1 Å². The van der Waals surface area contributed by atoms with Crippen LogP contribution >= 0.6 is 0 Å². The van der Waals surface area contributed by atoms with Crippen molar-refractivity contribution in [3.8, 4) is 0 Å². The molecule has 1 aromatic carbocycles. The molecule has 0 fully saturated rings. The molecule has 0 aliphatic heterocycles. The molecule has 0 saturated carbocycles. The first-order valence-corrected chi connectivity index (χ1v) is 4.88. The molecule has 1 nitrogen and oxygen atoms in total. The molecule has 68 valence electrons. The lowest BCUT2D eigenvalue weighted by Gasteiger charge is -2.12. The highest BCUT2D eigenvalue weighted by Crippen LogP contribution is 2.41. The van der Waals surface area contributed by atoms with E-state index in [9.17, 15) is 4.79 Å². The summed E-state index contributed by atoms with van der Waals surface area (Å²) >= 11 is 0. The first-order chi connectivity index (χ1) is 6.88. The zero-order valence-electron chi connectivity index (χ0n) is 7.73. The average Bonchev–Trinajstić information content (AvgIpc) is 2.55. The smallest absolute Gasteiger partial charge is 0.189 e. The molecule has 1 atom stereocenters. The number of ketones is 1. The predicted molar refractivity (Wildman–Crippen MR) is 55.4 cm³/mol. The Labute approximate surface area is 82.8 Å². The number of carbonyl (C=O) groups excluding carboxylic acids is 1. The number of allylic oxidation sites excluding steroid dienone is 4. The number of rotatable bonds is 0. The van der Waals surface area contributed by atoms with Crippen LogP contribution in [0.1, 0.15) is 28.3 Å². The molecule has 2 aliphatic rings. The summed E-state index contributed by atoms with van der Waals surface area (Å²) < 4.78 is 0. The number of benzene rings is 1. The van der Waals surface area contributed by atoms with Crippen molar-refractivity contribution in [3.05, 3.63) is 59.2 Å². The summed E-state index contributed by atoms with van der Waals surface area (Å²) in [7, 11) is 0. The molecule has 2 aliphatic carbocycles. The Bertz CT molecular complexity index is 466. The van der Waals surface area contributed by atoms with E-state index >= 15 is 0 Å². The molecule has 0 bridgehead atoms. The molecule has 0 aromatic heterocycles. The van der Waals surface area contributed by atoms with Gasteiger partial charge in [-0.1, -0.05) is 42.5 Å². The standard InChI is InChI=1S/C13H10O/c14-13-11-7-3-1-5-9(11)10-6-2-4-8-12(10)13/h1-5,7-8,10H,6H2. The van der Waals surface area contributed by atoms with Crippen LogP contribution in [0.15, 0.2) is 48.1 Å². The summed E-state index contributed by atoms with van der Waals surface area (Å²) in [4.78, 5) is 11.9. The zero-order valence-corrected chi connectivity index (χ0v) is 7.73. The van der Waals surface area contributed by atoms with Crippen molar-refractivity contribution in [2.45, 2.75) is 12.3 Å². The molecule has 1 aromatic rings. The summed E-state index contributed by atoms with van der Waals surface area (Å²) in [6.07, 6.45) is 7.03. The lowest BCUT2D eigenvalue weighted by Crippen LogP contribution is -2.01. The van der Waals surface area contributed by atoms with Gasteiger partial charge in [0.1, 0.15) is 0 Å². The van der Waals surface area contributed by atoms with E-state index in [0.717, 1.165) is 17.6 Å². The lowest BCUT2D eigenvalue weighted by molar-refractivity contribution is 0.103. The highest BCUT2D eigenvalue weighted by molar-refractivity contribution is 6.14. The maximum absolute atomic E-state index is 11.9. The van der Waals surface area contributed by atoms with E-state index in [0.29, 0.717) is 5.92 Å². The van der Waals surface area contributed by atoms with Crippen molar-refractivity contribution < 1.29 is 4.79 Å². The third-order valence-corrected chi connectivity index (χ3v) is 3.00. The Morgan fingerprint density at radius 3 is 3.00 bits per heavy atom. The summed E-state index contributed by atoms with van der Waals surface area (Å²) in [5.41, 5.74) is 3.06. The molecule has 0 N–H and O–H groups in total. The molecule has 14 heavy (non-hydrogen) atoms. The van der Waals surface area contributed by atoms with Crippen molar-refractivity contribution in [2.24, 2.45) is 0 Å². The summed E-state index contributed by atoms with van der Waals surface area (Å²) in [5.74, 6) is 0.540. The largest absolute Gasteiger partial charge is 0.289 e. The van der Waals surface area contributed by atoms with Gasteiger partial charge in [0.15, 0.2) is 5.78 Å². The second-order valence-electron chi connectivity index (χ2n) is 3.75. The second-order valence-corrected chi connectivity index (χ2v) is 3.75. The van der Waals surface area contributed by atoms with Gasteiger partial charge in [-0.25, -0.2) is 0 Å². The first kappa shape index (κ1) is 7.74. The van der Waals surface area contributed by atoms with Crippen LogP contribution in [-0.2, 0) is 0 Å². The average molecular weight is 182 g/mol. The van der Waals surface area contributed by atoms with Crippen LogP contribution in [0.3, 0.4) is 0 Å². The van der Waals surface area contributed by atoms with E-state index in [2.05, 4.69) is 12.1 Å². The fourth-order valence-corrected chi connectivity index (χ4v) is 2.32. The second kappa shape index (κ2) is 2.68. The molecule has 0 saturated heterocycles. The Kier molecular flexibility index (Phi) is 1.48. The monoisotopic (exact) mass is 182 g/mol. The molecular formula is C13H10O. The molecular weight excluding hydrogens is 172 g/mol. The van der Waals surface area contributed by atoms with Gasteiger partial charge in [0.2, 0.25) is 0 Å². The summed E-state index contributed by atoms with van der Waals surface area (Å²) in [6.45, 7) is 0. The van der Waals surface area contributed by atoms with Crippen molar-refractivity contribution in [1.29, 1.82) is 0 Å². The molecule has 0 radical (unpaired) electrons. The van der Waals surface area contributed by atoms with Gasteiger partial charge < -0.3 is 0 Å². The third-order valence-electron chi connectivity index (χ3n) is 3.00. The van der Waals surface area contributed by atoms with Crippen molar-refractivity contribution in [3.63, 3.8) is 0 Å². The van der Waals surface area contributed by atoms with Gasteiger partial charge in [-0.05, 0) is 12.0 Å². The maximum Gasteiger partial charge on any atom is 0.189 e. The van der Waals surface area contributed by atoms with Crippen LogP contribution in [-0.4, -0.2) is 5.78 Å². The first-order valence-electron chi connectivity index (χ1n) is 4.88. The summed E-state index contributed by atoms with van der Waals surface area (Å²) in [5, 5.41) is 0. The number of carbonyl (C=O) groups is 1. The predicted octanol–water partition coefficient (Wildman–Crippen LogP) is 2.85. The van der Waals surface area contributed by atoms with Crippen LogP contribution in [0.2, 0.25) is 0 Å². The van der Waals surface area contributed by atoms with Crippen LogP contribution in [0.4, 0.5) is 0 Å². The normalized spacial score (nSPS) is 23.0. The van der Waals surface area contributed by atoms with E-state index in [1.807, 2.05) is 30.4 Å². The Morgan fingerprint density at radius 1 is 1.21 bits per heavy atom. The minimum Gasteiger partial charge on any atom is -0.289 e. The van der Waals surface area contributed by atoms with Gasteiger partial charge in [-0.15, -0.1) is 0 Å². The summed E-state index contributed by atoms with van der Waals surface area (Å²) in [6, 6.07) is 7.93. The van der Waals surface area contributed by atoms with Crippen molar-refractivity contribution in [1.82, 2.24) is 0 Å². The van der Waals surface area contributed by atoms with Gasteiger partial charge >= 0.3 is 0 Å². The number of fused-ring (bicyclic) bond motifs is 3. The Morgan fingerprint density at radius 2 is 2.07 bits per heavy atom. The highest BCUT2D eigenvalue weighted by atomic mass is 16.1. The Balaban J connectivity index is 2.24. The van der Waals surface area contributed by atoms with Gasteiger partial charge in [0.05, 0.1) is 0 Å². The zero-order chi connectivity index (χ0) is 9.54. The molecule has 1 heteroatoms. The van der Waals surface area contributed by atoms with Gasteiger partial charge in [-0.2, -0.15) is 0 Å². The quantitative estimate of drug-likeness (QED) is 0.603. The van der Waals surface area contributed by atoms with Crippen LogP contribution in [0.5, 0.6) is 0 Å². The van der Waals surface area contributed by atoms with Gasteiger partial charge in [0.25, 0.3) is 0 Å². The number of hydrogen-bond donors (Lipinski definition) is 0. The lowest BCUT2D eigenvalue weighted by atomic mass is 9.91. The molecule has 0 spiro atoms. The fourth-order valence-electron chi connectivity index (χ4n) is 2.32. The fraction of sp³-hybridized carbons (Fsp3) is 0.154. The van der Waals surface area contributed by atoms with Gasteiger partial charge in [-0.3, -0.25) is 4.79 Å². The van der Waals surface area contributed by atoms with E-state index in [1.165, 1.54) is 5.56 Å². The SMILES string of the molecule is O=C1C2=CC=CCC2c2ccccc21. The topological polar surface area (TPSA) is 17.1 Å². The minimum absolute atomic E-state index is 0.218.